The maximum Gasteiger partial charge on any atom is 0.203 e. The zero-order valence-corrected chi connectivity index (χ0v) is 15.3. The quantitative estimate of drug-likeness (QED) is 0.695. The summed E-state index contributed by atoms with van der Waals surface area (Å²) in [4.78, 5) is 0. The Bertz CT molecular complexity index is 1020. The van der Waals surface area contributed by atoms with Crippen molar-refractivity contribution in [3.8, 4) is 23.3 Å². The molecule has 0 bridgehead atoms. The van der Waals surface area contributed by atoms with Crippen molar-refractivity contribution in [3.05, 3.63) is 59.8 Å². The van der Waals surface area contributed by atoms with Crippen LogP contribution in [0.2, 0.25) is 0 Å². The molecule has 0 atom stereocenters. The molecule has 5 nitrogen and oxygen atoms in total. The molecular formula is C21H20N2O3. The molecule has 5 heteroatoms. The maximum atomic E-state index is 9.36. The smallest absolute Gasteiger partial charge is 0.203 e. The van der Waals surface area contributed by atoms with Gasteiger partial charge in [0.1, 0.15) is 6.07 Å². The van der Waals surface area contributed by atoms with Gasteiger partial charge in [0.15, 0.2) is 11.5 Å². The highest BCUT2D eigenvalue weighted by Crippen LogP contribution is 2.41. The summed E-state index contributed by atoms with van der Waals surface area (Å²) in [6.07, 6.45) is 1.83. The monoisotopic (exact) mass is 348 g/mol. The summed E-state index contributed by atoms with van der Waals surface area (Å²) in [5, 5.41) is 10.3. The fourth-order valence-corrected chi connectivity index (χ4v) is 3.09. The Labute approximate surface area is 152 Å². The molecule has 0 amide bonds. The molecule has 1 heterocycles. The third-order valence-electron chi connectivity index (χ3n) is 4.47. The van der Waals surface area contributed by atoms with Crippen LogP contribution in [0.1, 0.15) is 16.7 Å². The molecule has 1 aromatic heterocycles. The van der Waals surface area contributed by atoms with Crippen molar-refractivity contribution in [2.24, 2.45) is 7.05 Å². The number of methoxy groups -OCH3 is 3. The summed E-state index contributed by atoms with van der Waals surface area (Å²) in [5.74, 6) is 1.68. The molecule has 0 unspecified atom stereocenters. The first-order valence-electron chi connectivity index (χ1n) is 8.02. The van der Waals surface area contributed by atoms with Crippen molar-refractivity contribution in [1.29, 1.82) is 5.26 Å². The van der Waals surface area contributed by atoms with Crippen LogP contribution < -0.4 is 14.2 Å². The van der Waals surface area contributed by atoms with Gasteiger partial charge in [-0.15, -0.1) is 0 Å². The van der Waals surface area contributed by atoms with E-state index in [4.69, 9.17) is 14.2 Å². The van der Waals surface area contributed by atoms with Crippen LogP contribution in [0, 0.1) is 11.3 Å². The van der Waals surface area contributed by atoms with Crippen molar-refractivity contribution < 1.29 is 14.2 Å². The fraction of sp³-hybridized carbons (Fsp3) is 0.190. The Morgan fingerprint density at radius 3 is 2.19 bits per heavy atom. The summed E-state index contributed by atoms with van der Waals surface area (Å²) in [5.41, 5.74) is 4.23. The third kappa shape index (κ3) is 2.76. The molecular weight excluding hydrogens is 328 g/mol. The number of aromatic nitrogens is 1. The molecule has 132 valence electrons. The van der Waals surface area contributed by atoms with Crippen molar-refractivity contribution in [2.75, 3.05) is 21.3 Å². The van der Waals surface area contributed by atoms with Gasteiger partial charge in [-0.3, -0.25) is 0 Å². The van der Waals surface area contributed by atoms with Gasteiger partial charge >= 0.3 is 0 Å². The van der Waals surface area contributed by atoms with Gasteiger partial charge in [0.2, 0.25) is 5.75 Å². The number of aryl methyl sites for hydroxylation is 1. The second-order valence-corrected chi connectivity index (χ2v) is 5.89. The first-order valence-corrected chi connectivity index (χ1v) is 8.02. The highest BCUT2D eigenvalue weighted by molar-refractivity contribution is 5.91. The molecule has 3 rings (SSSR count). The lowest BCUT2D eigenvalue weighted by atomic mass is 9.97. The standard InChI is InChI=1S/C21H20N2O3/c1-13(15-9-19(24-3)21(26-5)20(10-15)25-4)14-6-7-18-17(8-14)16(11-22)12-23(18)2/h6-10,12H,1H2,2-5H3. The van der Waals surface area contributed by atoms with E-state index < -0.39 is 0 Å². The van der Waals surface area contributed by atoms with Gasteiger partial charge in [-0.05, 0) is 41.0 Å². The molecule has 0 fully saturated rings. The van der Waals surface area contributed by atoms with Gasteiger partial charge in [-0.1, -0.05) is 12.6 Å². The zero-order valence-electron chi connectivity index (χ0n) is 15.3. The molecule has 0 aliphatic carbocycles. The van der Waals surface area contributed by atoms with E-state index in [0.717, 1.165) is 27.6 Å². The Morgan fingerprint density at radius 1 is 1.00 bits per heavy atom. The molecule has 26 heavy (non-hydrogen) atoms. The van der Waals surface area contributed by atoms with Gasteiger partial charge in [0.25, 0.3) is 0 Å². The number of benzene rings is 2. The summed E-state index contributed by atoms with van der Waals surface area (Å²) < 4.78 is 18.2. The highest BCUT2D eigenvalue weighted by Gasteiger charge is 2.16. The van der Waals surface area contributed by atoms with Crippen molar-refractivity contribution >= 4 is 16.5 Å². The van der Waals surface area contributed by atoms with Gasteiger partial charge < -0.3 is 18.8 Å². The lowest BCUT2D eigenvalue weighted by molar-refractivity contribution is 0.324. The number of ether oxygens (including phenoxy) is 3. The number of rotatable bonds is 5. The van der Waals surface area contributed by atoms with E-state index in [1.165, 1.54) is 0 Å². The van der Waals surface area contributed by atoms with Crippen LogP contribution >= 0.6 is 0 Å². The molecule has 3 aromatic rings. The highest BCUT2D eigenvalue weighted by atomic mass is 16.5. The topological polar surface area (TPSA) is 56.4 Å². The van der Waals surface area contributed by atoms with Gasteiger partial charge in [-0.25, -0.2) is 0 Å². The van der Waals surface area contributed by atoms with E-state index in [1.807, 2.05) is 48.1 Å². The predicted molar refractivity (Wildman–Crippen MR) is 102 cm³/mol. The number of fused-ring (bicyclic) bond motifs is 1. The molecule has 0 radical (unpaired) electrons. The summed E-state index contributed by atoms with van der Waals surface area (Å²) in [6.45, 7) is 4.23. The van der Waals surface area contributed by atoms with E-state index in [9.17, 15) is 5.26 Å². The normalized spacial score (nSPS) is 10.4. The predicted octanol–water partition coefficient (Wildman–Crippen LogP) is 4.14. The second kappa shape index (κ2) is 6.85. The van der Waals surface area contributed by atoms with Crippen LogP contribution in [0.3, 0.4) is 0 Å². The van der Waals surface area contributed by atoms with Crippen molar-refractivity contribution in [3.63, 3.8) is 0 Å². The first kappa shape index (κ1) is 17.4. The molecule has 2 aromatic carbocycles. The molecule has 0 saturated heterocycles. The van der Waals surface area contributed by atoms with Gasteiger partial charge in [0.05, 0.1) is 26.9 Å². The summed E-state index contributed by atoms with van der Waals surface area (Å²) in [7, 11) is 6.66. The van der Waals surface area contributed by atoms with Crippen LogP contribution in [-0.4, -0.2) is 25.9 Å². The minimum atomic E-state index is 0.539. The lowest BCUT2D eigenvalue weighted by Crippen LogP contribution is -1.97. The molecule has 0 aliphatic heterocycles. The first-order chi connectivity index (χ1) is 12.5. The van der Waals surface area contributed by atoms with Gasteiger partial charge in [-0.2, -0.15) is 5.26 Å². The maximum absolute atomic E-state index is 9.36. The largest absolute Gasteiger partial charge is 0.493 e. The van der Waals surface area contributed by atoms with Crippen molar-refractivity contribution in [2.45, 2.75) is 0 Å². The summed E-state index contributed by atoms with van der Waals surface area (Å²) >= 11 is 0. The number of nitrogens with zero attached hydrogens (tertiary/aromatic N) is 2. The van der Waals surface area contributed by atoms with E-state index >= 15 is 0 Å². The number of nitriles is 1. The molecule has 0 saturated carbocycles. The van der Waals surface area contributed by atoms with Gasteiger partial charge in [0, 0.05) is 24.1 Å². The third-order valence-corrected chi connectivity index (χ3v) is 4.47. The molecule has 0 spiro atoms. The molecule has 0 N–H and O–H groups in total. The lowest BCUT2D eigenvalue weighted by Gasteiger charge is -2.15. The second-order valence-electron chi connectivity index (χ2n) is 5.89. The number of hydrogen-bond donors (Lipinski definition) is 0. The summed E-state index contributed by atoms with van der Waals surface area (Å²) in [6, 6.07) is 11.9. The average molecular weight is 348 g/mol. The van der Waals surface area contributed by atoms with Crippen LogP contribution in [0.25, 0.3) is 16.5 Å². The zero-order chi connectivity index (χ0) is 18.8. The Morgan fingerprint density at radius 2 is 1.65 bits per heavy atom. The minimum Gasteiger partial charge on any atom is -0.493 e. The minimum absolute atomic E-state index is 0.539. The van der Waals surface area contributed by atoms with E-state index in [-0.39, 0.29) is 0 Å². The SMILES string of the molecule is C=C(c1cc(OC)c(OC)c(OC)c1)c1ccc2c(c1)c(C#N)cn2C. The molecule has 0 aliphatic rings. The van der Waals surface area contributed by atoms with Crippen LogP contribution in [0.5, 0.6) is 17.2 Å². The average Bonchev–Trinajstić information content (AvgIpc) is 3.01. The van der Waals surface area contributed by atoms with Crippen LogP contribution in [0.15, 0.2) is 43.1 Å². The Kier molecular flexibility index (Phi) is 4.59. The fourth-order valence-electron chi connectivity index (χ4n) is 3.09. The van der Waals surface area contributed by atoms with E-state index in [1.54, 1.807) is 21.3 Å². The van der Waals surface area contributed by atoms with Crippen molar-refractivity contribution in [1.82, 2.24) is 4.57 Å². The van der Waals surface area contributed by atoms with Crippen LogP contribution in [0.4, 0.5) is 0 Å². The van der Waals surface area contributed by atoms with E-state index in [2.05, 4.69) is 12.6 Å². The van der Waals surface area contributed by atoms with E-state index in [0.29, 0.717) is 22.8 Å². The number of hydrogen-bond acceptors (Lipinski definition) is 4. The Hall–Kier alpha value is -3.39. The van der Waals surface area contributed by atoms with Crippen LogP contribution in [-0.2, 0) is 7.05 Å². The Balaban J connectivity index is 2.12.